The summed E-state index contributed by atoms with van der Waals surface area (Å²) in [5.74, 6) is 0.131. The number of aryl methyl sites for hydroxylation is 1. The molecule has 0 spiro atoms. The van der Waals surface area contributed by atoms with Crippen LogP contribution in [0.5, 0.6) is 0 Å². The van der Waals surface area contributed by atoms with Crippen molar-refractivity contribution >= 4 is 5.82 Å². The number of anilines is 1. The minimum atomic E-state index is -4.47. The molecule has 2 rings (SSSR count). The standard InChI is InChI=1S/C8H8F3N5/c1-16-7(8(9,10)11)4(3-13-16)5-2-6(12)15-14-5/h2-3H,1H3,(H3,12,14,15). The molecule has 0 atom stereocenters. The molecule has 0 saturated carbocycles. The second-order valence-electron chi connectivity index (χ2n) is 3.23. The molecule has 0 radical (unpaired) electrons. The average molecular weight is 231 g/mol. The van der Waals surface area contributed by atoms with Crippen LogP contribution >= 0.6 is 0 Å². The third-order valence-electron chi connectivity index (χ3n) is 2.10. The molecule has 0 fully saturated rings. The zero-order valence-electron chi connectivity index (χ0n) is 8.21. The van der Waals surface area contributed by atoms with Crippen LogP contribution in [0.4, 0.5) is 19.0 Å². The Morgan fingerprint density at radius 2 is 2.12 bits per heavy atom. The van der Waals surface area contributed by atoms with Crippen LogP contribution < -0.4 is 5.73 Å². The summed E-state index contributed by atoms with van der Waals surface area (Å²) in [4.78, 5) is 0. The van der Waals surface area contributed by atoms with Crippen molar-refractivity contribution in [1.82, 2.24) is 20.0 Å². The van der Waals surface area contributed by atoms with Gasteiger partial charge < -0.3 is 5.73 Å². The van der Waals surface area contributed by atoms with E-state index in [1.165, 1.54) is 13.1 Å². The van der Waals surface area contributed by atoms with Gasteiger partial charge >= 0.3 is 6.18 Å². The summed E-state index contributed by atoms with van der Waals surface area (Å²) >= 11 is 0. The fourth-order valence-corrected chi connectivity index (χ4v) is 1.45. The molecule has 2 heterocycles. The Bertz CT molecular complexity index is 510. The lowest BCUT2D eigenvalue weighted by Crippen LogP contribution is -2.13. The monoisotopic (exact) mass is 231 g/mol. The Morgan fingerprint density at radius 1 is 1.44 bits per heavy atom. The van der Waals surface area contributed by atoms with Crippen molar-refractivity contribution in [3.63, 3.8) is 0 Å². The van der Waals surface area contributed by atoms with Gasteiger partial charge in [0.15, 0.2) is 5.69 Å². The van der Waals surface area contributed by atoms with Crippen LogP contribution in [0.3, 0.4) is 0 Å². The topological polar surface area (TPSA) is 72.5 Å². The van der Waals surface area contributed by atoms with Crippen LogP contribution in [0.2, 0.25) is 0 Å². The Labute approximate surface area is 88.1 Å². The predicted octanol–water partition coefficient (Wildman–Crippen LogP) is 1.41. The zero-order chi connectivity index (χ0) is 11.9. The summed E-state index contributed by atoms with van der Waals surface area (Å²) in [6, 6.07) is 1.33. The number of nitrogen functional groups attached to an aromatic ring is 1. The molecular formula is C8H8F3N5. The zero-order valence-corrected chi connectivity index (χ0v) is 8.21. The molecule has 0 bridgehead atoms. The van der Waals surface area contributed by atoms with Gasteiger partial charge in [0.1, 0.15) is 5.82 Å². The minimum Gasteiger partial charge on any atom is -0.382 e. The molecule has 0 aromatic carbocycles. The highest BCUT2D eigenvalue weighted by atomic mass is 19.4. The van der Waals surface area contributed by atoms with Crippen molar-refractivity contribution < 1.29 is 13.2 Å². The first-order valence-corrected chi connectivity index (χ1v) is 4.30. The number of alkyl halides is 3. The number of nitrogens with zero attached hydrogens (tertiary/aromatic N) is 3. The van der Waals surface area contributed by atoms with Crippen molar-refractivity contribution in [2.45, 2.75) is 6.18 Å². The van der Waals surface area contributed by atoms with E-state index in [0.29, 0.717) is 0 Å². The molecule has 2 aromatic rings. The van der Waals surface area contributed by atoms with Crippen molar-refractivity contribution in [1.29, 1.82) is 0 Å². The molecule has 3 N–H and O–H groups in total. The lowest BCUT2D eigenvalue weighted by molar-refractivity contribution is -0.143. The van der Waals surface area contributed by atoms with E-state index in [1.807, 2.05) is 0 Å². The highest BCUT2D eigenvalue weighted by Crippen LogP contribution is 2.36. The maximum absolute atomic E-state index is 12.7. The summed E-state index contributed by atoms with van der Waals surface area (Å²) in [6.45, 7) is 0. The molecule has 0 aliphatic rings. The van der Waals surface area contributed by atoms with E-state index in [2.05, 4.69) is 15.3 Å². The van der Waals surface area contributed by atoms with E-state index in [4.69, 9.17) is 5.73 Å². The number of hydrogen-bond donors (Lipinski definition) is 2. The van der Waals surface area contributed by atoms with Crippen molar-refractivity contribution in [2.75, 3.05) is 5.73 Å². The minimum absolute atomic E-state index is 0.0702. The van der Waals surface area contributed by atoms with E-state index < -0.39 is 11.9 Å². The first kappa shape index (κ1) is 10.5. The van der Waals surface area contributed by atoms with Crippen LogP contribution in [-0.2, 0) is 13.2 Å². The van der Waals surface area contributed by atoms with Crippen LogP contribution in [0.15, 0.2) is 12.3 Å². The third-order valence-corrected chi connectivity index (χ3v) is 2.10. The lowest BCUT2D eigenvalue weighted by atomic mass is 10.2. The van der Waals surface area contributed by atoms with Gasteiger partial charge in [-0.15, -0.1) is 0 Å². The molecule has 2 aromatic heterocycles. The second kappa shape index (κ2) is 3.26. The van der Waals surface area contributed by atoms with Gasteiger partial charge in [-0.25, -0.2) is 0 Å². The van der Waals surface area contributed by atoms with Gasteiger partial charge in [-0.2, -0.15) is 23.4 Å². The quantitative estimate of drug-likeness (QED) is 0.779. The number of hydrogen-bond acceptors (Lipinski definition) is 3. The molecule has 0 unspecified atom stereocenters. The molecule has 5 nitrogen and oxygen atoms in total. The van der Waals surface area contributed by atoms with Gasteiger partial charge in [0.05, 0.1) is 17.5 Å². The van der Waals surface area contributed by atoms with E-state index in [0.717, 1.165) is 10.9 Å². The van der Waals surface area contributed by atoms with Crippen molar-refractivity contribution in [3.05, 3.63) is 18.0 Å². The largest absolute Gasteiger partial charge is 0.433 e. The number of aromatic amines is 1. The van der Waals surface area contributed by atoms with E-state index in [-0.39, 0.29) is 17.1 Å². The number of nitrogens with two attached hydrogens (primary N) is 1. The molecule has 0 saturated heterocycles. The Hall–Kier alpha value is -1.99. The first-order chi connectivity index (χ1) is 7.39. The number of aromatic nitrogens is 4. The van der Waals surface area contributed by atoms with Gasteiger partial charge in [0, 0.05) is 13.1 Å². The van der Waals surface area contributed by atoms with Crippen LogP contribution in [-0.4, -0.2) is 20.0 Å². The average Bonchev–Trinajstić information content (AvgIpc) is 2.70. The smallest absolute Gasteiger partial charge is 0.382 e. The first-order valence-electron chi connectivity index (χ1n) is 4.30. The molecule has 86 valence electrons. The van der Waals surface area contributed by atoms with E-state index in [9.17, 15) is 13.2 Å². The Morgan fingerprint density at radius 3 is 2.62 bits per heavy atom. The van der Waals surface area contributed by atoms with Crippen molar-refractivity contribution in [2.24, 2.45) is 7.05 Å². The normalized spacial score (nSPS) is 12.0. The molecule has 0 amide bonds. The number of halogens is 3. The maximum atomic E-state index is 12.7. The fourth-order valence-electron chi connectivity index (χ4n) is 1.45. The van der Waals surface area contributed by atoms with Crippen LogP contribution in [0, 0.1) is 0 Å². The van der Waals surface area contributed by atoms with Gasteiger partial charge in [0.25, 0.3) is 0 Å². The highest BCUT2D eigenvalue weighted by Gasteiger charge is 2.38. The number of H-pyrrole nitrogens is 1. The van der Waals surface area contributed by atoms with Crippen LogP contribution in [0.25, 0.3) is 11.3 Å². The van der Waals surface area contributed by atoms with E-state index in [1.54, 1.807) is 0 Å². The van der Waals surface area contributed by atoms with Crippen LogP contribution in [0.1, 0.15) is 5.69 Å². The second-order valence-corrected chi connectivity index (χ2v) is 3.23. The van der Waals surface area contributed by atoms with Gasteiger partial charge in [-0.3, -0.25) is 9.78 Å². The Balaban J connectivity index is 2.58. The predicted molar refractivity (Wildman–Crippen MR) is 50.2 cm³/mol. The van der Waals surface area contributed by atoms with E-state index >= 15 is 0 Å². The SMILES string of the molecule is Cn1ncc(-c2cc(N)n[nH]2)c1C(F)(F)F. The molecular weight excluding hydrogens is 223 g/mol. The lowest BCUT2D eigenvalue weighted by Gasteiger charge is -2.08. The van der Waals surface area contributed by atoms with Crippen molar-refractivity contribution in [3.8, 4) is 11.3 Å². The summed E-state index contributed by atoms with van der Waals surface area (Å²) in [7, 11) is 1.23. The number of nitrogens with one attached hydrogen (secondary N) is 1. The third kappa shape index (κ3) is 1.62. The molecule has 0 aliphatic carbocycles. The highest BCUT2D eigenvalue weighted by molar-refractivity contribution is 5.64. The van der Waals surface area contributed by atoms with Gasteiger partial charge in [-0.05, 0) is 0 Å². The van der Waals surface area contributed by atoms with Gasteiger partial charge in [0.2, 0.25) is 0 Å². The summed E-state index contributed by atoms with van der Waals surface area (Å²) < 4.78 is 38.9. The number of rotatable bonds is 1. The Kier molecular flexibility index (Phi) is 2.14. The summed E-state index contributed by atoms with van der Waals surface area (Å²) in [5, 5.41) is 9.57. The summed E-state index contributed by atoms with van der Waals surface area (Å²) in [5.41, 5.74) is 4.62. The molecule has 8 heteroatoms. The summed E-state index contributed by atoms with van der Waals surface area (Å²) in [6.07, 6.45) is -3.35. The van der Waals surface area contributed by atoms with Gasteiger partial charge in [-0.1, -0.05) is 0 Å². The molecule has 0 aliphatic heterocycles. The maximum Gasteiger partial charge on any atom is 0.433 e. The molecule has 16 heavy (non-hydrogen) atoms. The fraction of sp³-hybridized carbons (Fsp3) is 0.250.